The first kappa shape index (κ1) is 46.4. The molecule has 0 aliphatic heterocycles. The molecular formula is C27H42N3O15S6+3. The smallest absolute Gasteiger partial charge is 0.465 e. The molecule has 0 aliphatic rings. The van der Waals surface area contributed by atoms with Crippen LogP contribution in [-0.2, 0) is 62.4 Å². The van der Waals surface area contributed by atoms with E-state index < -0.39 is 70.5 Å². The van der Waals surface area contributed by atoms with E-state index in [2.05, 4.69) is 0 Å². The molecule has 1 rings (SSSR count). The van der Waals surface area contributed by atoms with Crippen molar-refractivity contribution in [2.75, 3.05) is 56.9 Å². The second kappa shape index (κ2) is 27.9. The van der Waals surface area contributed by atoms with Gasteiger partial charge < -0.3 is 42.8 Å². The van der Waals surface area contributed by atoms with Crippen LogP contribution in [0.25, 0.3) is 0 Å². The van der Waals surface area contributed by atoms with Crippen molar-refractivity contribution < 1.29 is 57.2 Å². The molecule has 0 amide bonds. The predicted molar refractivity (Wildman–Crippen MR) is 202 cm³/mol. The van der Waals surface area contributed by atoms with Crippen LogP contribution in [0.15, 0.2) is 14.4 Å². The summed E-state index contributed by atoms with van der Waals surface area (Å²) in [5.41, 5.74) is -3.11. The highest BCUT2D eigenvalue weighted by molar-refractivity contribution is 8.82. The highest BCUT2D eigenvalue weighted by Crippen LogP contribution is 2.24. The molecule has 0 fully saturated rings. The lowest BCUT2D eigenvalue weighted by atomic mass is 10.5. The van der Waals surface area contributed by atoms with Crippen LogP contribution >= 0.6 is 64.8 Å². The highest BCUT2D eigenvalue weighted by atomic mass is 33.1. The van der Waals surface area contributed by atoms with E-state index in [1.807, 2.05) is 20.8 Å². The molecule has 51 heavy (non-hydrogen) atoms. The Morgan fingerprint density at radius 2 is 0.725 bits per heavy atom. The zero-order valence-corrected chi connectivity index (χ0v) is 33.0. The Bertz CT molecular complexity index is 1280. The van der Waals surface area contributed by atoms with Crippen molar-refractivity contribution in [3.05, 3.63) is 31.5 Å². The van der Waals surface area contributed by atoms with Crippen LogP contribution < -0.4 is 17.1 Å². The van der Waals surface area contributed by atoms with E-state index in [4.69, 9.17) is 28.4 Å². The number of ether oxygens (including phenoxy) is 6. The first-order chi connectivity index (χ1) is 24.4. The van der Waals surface area contributed by atoms with Gasteiger partial charge in [-0.15, -0.1) is 0 Å². The van der Waals surface area contributed by atoms with Gasteiger partial charge in [0.05, 0.1) is 71.8 Å². The van der Waals surface area contributed by atoms with Crippen molar-refractivity contribution in [1.29, 1.82) is 0 Å². The summed E-state index contributed by atoms with van der Waals surface area (Å²) in [5, 5.41) is -1.65. The minimum Gasteiger partial charge on any atom is -0.465 e. The van der Waals surface area contributed by atoms with E-state index in [1.54, 1.807) is 0 Å². The monoisotopic (exact) mass is 840 g/mol. The molecule has 0 aliphatic carbocycles. The lowest BCUT2D eigenvalue weighted by molar-refractivity contribution is -0.141. The number of rotatable bonds is 24. The third-order valence-corrected chi connectivity index (χ3v) is 10.9. The van der Waals surface area contributed by atoms with Crippen LogP contribution in [0.5, 0.6) is 0 Å². The molecule has 1 heterocycles. The van der Waals surface area contributed by atoms with Crippen molar-refractivity contribution in [2.24, 2.45) is 0 Å². The van der Waals surface area contributed by atoms with Gasteiger partial charge in [-0.1, -0.05) is 53.2 Å². The van der Waals surface area contributed by atoms with Crippen LogP contribution in [0.3, 0.4) is 0 Å². The zero-order chi connectivity index (χ0) is 38.0. The normalized spacial score (nSPS) is 10.6. The maximum absolute atomic E-state index is 13.2. The van der Waals surface area contributed by atoms with Gasteiger partial charge in [0.25, 0.3) is 0 Å². The number of nitrogens with zero attached hydrogens (tertiary/aromatic N) is 3. The number of carbonyl (C=O) groups excluding carboxylic acids is 6. The molecule has 24 heteroatoms. The minimum absolute atomic E-state index is 0.0668. The Hall–Kier alpha value is -2.67. The van der Waals surface area contributed by atoms with Crippen molar-refractivity contribution in [2.45, 2.75) is 59.7 Å². The van der Waals surface area contributed by atoms with Crippen molar-refractivity contribution in [1.82, 2.24) is 13.7 Å². The Morgan fingerprint density at radius 1 is 0.471 bits per heavy atom. The summed E-state index contributed by atoms with van der Waals surface area (Å²) < 4.78 is 32.4. The minimum atomic E-state index is -1.04. The largest absolute Gasteiger partial charge is 0.561 e. The fraction of sp³-hybridized carbons (Fsp3) is 0.667. The first-order valence-electron chi connectivity index (χ1n) is 15.3. The molecule has 0 atom stereocenters. The summed E-state index contributed by atoms with van der Waals surface area (Å²) in [6.07, 6.45) is 1.98. The number of esters is 3. The van der Waals surface area contributed by atoms with Gasteiger partial charge in [-0.2, -0.15) is 0 Å². The Labute approximate surface area is 316 Å². The molecule has 3 N–H and O–H groups in total. The lowest BCUT2D eigenvalue weighted by Gasteiger charge is -2.11. The van der Waals surface area contributed by atoms with Gasteiger partial charge in [0.2, 0.25) is 19.8 Å². The Kier molecular flexibility index (Phi) is 25.4. The molecule has 0 spiro atoms. The molecule has 0 saturated heterocycles. The quantitative estimate of drug-likeness (QED) is 0.0622. The van der Waals surface area contributed by atoms with Gasteiger partial charge in [-0.3, -0.25) is 14.4 Å². The van der Waals surface area contributed by atoms with Gasteiger partial charge in [0.15, 0.2) is 0 Å². The standard InChI is InChI=1S/C27H39N3O15S6/c1-4-10-40-19(31)16-46-49-25(37)43-13-7-28-22(34)29(8-14-44-26(38)50-47-17-20(32)41-11-5-2)24(36)30(23(28)35)9-15-45-27(39)51-48-18-21(33)42-12-6-3/h4-18H2,1-3H3/p+3. The van der Waals surface area contributed by atoms with Gasteiger partial charge in [0, 0.05) is 0 Å². The van der Waals surface area contributed by atoms with Crippen LogP contribution in [0.2, 0.25) is 0 Å². The van der Waals surface area contributed by atoms with Crippen LogP contribution in [0, 0.1) is 0 Å². The molecular weight excluding hydrogens is 799 g/mol. The topological polar surface area (TPSA) is 237 Å². The highest BCUT2D eigenvalue weighted by Gasteiger charge is 2.23. The molecule has 0 aromatic carbocycles. The number of hydrogen-bond acceptors (Lipinski definition) is 18. The summed E-state index contributed by atoms with van der Waals surface area (Å²) in [4.78, 5) is 105. The summed E-state index contributed by atoms with van der Waals surface area (Å²) in [6.45, 7) is 3.96. The van der Waals surface area contributed by atoms with Crippen molar-refractivity contribution in [3.8, 4) is 0 Å². The number of hydrogen-bond donors (Lipinski definition) is 0. The number of carbonyl (C=O) groups is 3. The zero-order valence-electron chi connectivity index (χ0n) is 28.1. The van der Waals surface area contributed by atoms with E-state index in [0.717, 1.165) is 64.8 Å². The Morgan fingerprint density at radius 3 is 0.961 bits per heavy atom. The number of aromatic nitrogens is 3. The van der Waals surface area contributed by atoms with E-state index in [9.17, 15) is 43.2 Å². The molecule has 0 bridgehead atoms. The van der Waals surface area contributed by atoms with E-state index >= 15 is 0 Å². The third-order valence-electron chi connectivity index (χ3n) is 5.33. The third kappa shape index (κ3) is 20.2. The maximum atomic E-state index is 13.2. The van der Waals surface area contributed by atoms with Crippen molar-refractivity contribution >= 4 is 98.6 Å². The second-order valence-corrected chi connectivity index (χ2v) is 16.1. The molecule has 0 saturated carbocycles. The molecule has 288 valence electrons. The van der Waals surface area contributed by atoms with Crippen molar-refractivity contribution in [3.63, 3.8) is 0 Å². The molecule has 0 radical (unpaired) electrons. The SMILES string of the molecule is CCCOC(=O)CSSC(=[OH+])OCCn1c(=O)n(CCOC(=[OH+])SSCC(=O)OCCC)c(=O)n(CCOC(=[OH+])SSCC(=O)OCCC)c1=O. The summed E-state index contributed by atoms with van der Waals surface area (Å²) in [6, 6.07) is 0. The van der Waals surface area contributed by atoms with Gasteiger partial charge in [-0.05, 0) is 19.3 Å². The van der Waals surface area contributed by atoms with E-state index in [-0.39, 0.29) is 56.9 Å². The van der Waals surface area contributed by atoms with E-state index in [1.165, 1.54) is 0 Å². The van der Waals surface area contributed by atoms with E-state index in [0.29, 0.717) is 33.0 Å². The predicted octanol–water partition coefficient (Wildman–Crippen LogP) is 1.61. The summed E-state index contributed by atoms with van der Waals surface area (Å²) in [5.74, 6) is -1.63. The summed E-state index contributed by atoms with van der Waals surface area (Å²) >= 11 is 0. The lowest BCUT2D eigenvalue weighted by Crippen LogP contribution is -2.55. The first-order valence-corrected chi connectivity index (χ1v) is 22.3. The maximum Gasteiger partial charge on any atom is 0.561 e. The molecule has 0 unspecified atom stereocenters. The average Bonchev–Trinajstić information content (AvgIpc) is 3.09. The van der Waals surface area contributed by atoms with Crippen LogP contribution in [-0.4, -0.2) is 119 Å². The molecule has 1 aromatic heterocycles. The van der Waals surface area contributed by atoms with Crippen LogP contribution in [0.4, 0.5) is 0 Å². The fourth-order valence-corrected chi connectivity index (χ4v) is 7.31. The van der Waals surface area contributed by atoms with Gasteiger partial charge >= 0.3 is 50.9 Å². The van der Waals surface area contributed by atoms with Crippen LogP contribution in [0.1, 0.15) is 40.0 Å². The Balaban J connectivity index is 2.92. The second-order valence-electron chi connectivity index (χ2n) is 9.34. The molecule has 1 aromatic rings. The van der Waals surface area contributed by atoms with Gasteiger partial charge in [0.1, 0.15) is 17.3 Å². The average molecular weight is 841 g/mol. The summed E-state index contributed by atoms with van der Waals surface area (Å²) in [7, 11) is 5.04. The van der Waals surface area contributed by atoms with Gasteiger partial charge in [-0.25, -0.2) is 28.1 Å². The fourth-order valence-electron chi connectivity index (χ4n) is 3.16. The molecule has 18 nitrogen and oxygen atoms in total.